The Labute approximate surface area is 93.0 Å². The van der Waals surface area contributed by atoms with E-state index in [-0.39, 0.29) is 0 Å². The number of benzene rings is 1. The minimum atomic E-state index is -1.72. The molecule has 1 atom stereocenters. The van der Waals surface area contributed by atoms with E-state index in [9.17, 15) is 9.59 Å². The van der Waals surface area contributed by atoms with Gasteiger partial charge in [-0.15, -0.1) is 0 Å². The van der Waals surface area contributed by atoms with E-state index >= 15 is 0 Å². The minimum Gasteiger partial charge on any atom is -0.478 e. The molecule has 16 heavy (non-hydrogen) atoms. The van der Waals surface area contributed by atoms with Crippen molar-refractivity contribution >= 4 is 11.9 Å². The first-order valence-electron chi connectivity index (χ1n) is 4.65. The van der Waals surface area contributed by atoms with E-state index in [4.69, 9.17) is 9.84 Å². The lowest BCUT2D eigenvalue weighted by atomic mass is 10.2. The van der Waals surface area contributed by atoms with E-state index in [1.165, 1.54) is 14.0 Å². The van der Waals surface area contributed by atoms with Gasteiger partial charge in [0.25, 0.3) is 5.91 Å². The molecular formula is C11H13NO4. The van der Waals surface area contributed by atoms with Crippen LogP contribution in [0.1, 0.15) is 17.3 Å². The van der Waals surface area contributed by atoms with Gasteiger partial charge < -0.3 is 15.2 Å². The Hall–Kier alpha value is -1.88. The van der Waals surface area contributed by atoms with Gasteiger partial charge in [-0.05, 0) is 19.1 Å². The maximum Gasteiger partial charge on any atom is 0.357 e. The van der Waals surface area contributed by atoms with Crippen molar-refractivity contribution in [2.75, 3.05) is 7.11 Å². The SMILES string of the molecule is COC(C)(NC(=O)c1ccccc1)C(=O)O. The molecule has 86 valence electrons. The zero-order chi connectivity index (χ0) is 12.2. The number of carboxylic acids is 1. The smallest absolute Gasteiger partial charge is 0.357 e. The Morgan fingerprint density at radius 2 is 1.88 bits per heavy atom. The lowest BCUT2D eigenvalue weighted by Gasteiger charge is -2.24. The molecular weight excluding hydrogens is 210 g/mol. The highest BCUT2D eigenvalue weighted by Gasteiger charge is 2.34. The highest BCUT2D eigenvalue weighted by molar-refractivity contribution is 5.97. The molecule has 0 aliphatic rings. The summed E-state index contributed by atoms with van der Waals surface area (Å²) in [6, 6.07) is 8.34. The summed E-state index contributed by atoms with van der Waals surface area (Å²) >= 11 is 0. The molecule has 2 N–H and O–H groups in total. The Balaban J connectivity index is 2.82. The number of nitrogens with one attached hydrogen (secondary N) is 1. The normalized spacial score (nSPS) is 13.9. The number of hydrogen-bond donors (Lipinski definition) is 2. The molecule has 0 heterocycles. The topological polar surface area (TPSA) is 75.6 Å². The molecule has 0 aromatic heterocycles. The molecule has 0 aliphatic heterocycles. The van der Waals surface area contributed by atoms with Crippen LogP contribution >= 0.6 is 0 Å². The van der Waals surface area contributed by atoms with Crippen LogP contribution in [-0.4, -0.2) is 29.8 Å². The number of rotatable bonds is 4. The van der Waals surface area contributed by atoms with Crippen molar-refractivity contribution in [1.82, 2.24) is 5.32 Å². The molecule has 0 aliphatic carbocycles. The van der Waals surface area contributed by atoms with E-state index in [1.807, 2.05) is 0 Å². The van der Waals surface area contributed by atoms with Gasteiger partial charge in [0.05, 0.1) is 0 Å². The van der Waals surface area contributed by atoms with Gasteiger partial charge in [0.2, 0.25) is 5.72 Å². The monoisotopic (exact) mass is 223 g/mol. The minimum absolute atomic E-state index is 0.382. The Bertz CT molecular complexity index is 390. The maximum atomic E-state index is 11.7. The molecule has 0 fully saturated rings. The summed E-state index contributed by atoms with van der Waals surface area (Å²) < 4.78 is 4.76. The largest absolute Gasteiger partial charge is 0.478 e. The fourth-order valence-corrected chi connectivity index (χ4v) is 1.07. The zero-order valence-electron chi connectivity index (χ0n) is 9.06. The third kappa shape index (κ3) is 2.58. The third-order valence-corrected chi connectivity index (χ3v) is 2.20. The summed E-state index contributed by atoms with van der Waals surface area (Å²) in [5.41, 5.74) is -1.33. The van der Waals surface area contributed by atoms with Crippen LogP contribution < -0.4 is 5.32 Å². The van der Waals surface area contributed by atoms with Gasteiger partial charge in [0.1, 0.15) is 0 Å². The Morgan fingerprint density at radius 1 is 1.31 bits per heavy atom. The number of aliphatic carboxylic acids is 1. The quantitative estimate of drug-likeness (QED) is 0.742. The van der Waals surface area contributed by atoms with E-state index in [0.29, 0.717) is 5.56 Å². The summed E-state index contributed by atoms with van der Waals surface area (Å²) in [4.78, 5) is 22.5. The second kappa shape index (κ2) is 4.76. The van der Waals surface area contributed by atoms with Crippen LogP contribution in [-0.2, 0) is 9.53 Å². The van der Waals surface area contributed by atoms with Gasteiger partial charge in [-0.25, -0.2) is 4.79 Å². The van der Waals surface area contributed by atoms with Crippen LogP contribution in [0.3, 0.4) is 0 Å². The highest BCUT2D eigenvalue weighted by atomic mass is 16.5. The van der Waals surface area contributed by atoms with Crippen molar-refractivity contribution < 1.29 is 19.4 Å². The van der Waals surface area contributed by atoms with E-state index in [0.717, 1.165) is 0 Å². The standard InChI is InChI=1S/C11H13NO4/c1-11(16-2,10(14)15)12-9(13)8-6-4-3-5-7-8/h3-7H,1-2H3,(H,12,13)(H,14,15). The molecule has 1 aromatic carbocycles. The number of methoxy groups -OCH3 is 1. The van der Waals surface area contributed by atoms with Crippen LogP contribution in [0.4, 0.5) is 0 Å². The molecule has 5 heteroatoms. The second-order valence-electron chi connectivity index (χ2n) is 3.36. The van der Waals surface area contributed by atoms with Gasteiger partial charge >= 0.3 is 5.97 Å². The van der Waals surface area contributed by atoms with Gasteiger partial charge in [-0.1, -0.05) is 18.2 Å². The van der Waals surface area contributed by atoms with Crippen LogP contribution in [0.5, 0.6) is 0 Å². The fourth-order valence-electron chi connectivity index (χ4n) is 1.07. The predicted molar refractivity (Wildman–Crippen MR) is 57.0 cm³/mol. The number of carbonyl (C=O) groups is 2. The zero-order valence-corrected chi connectivity index (χ0v) is 9.06. The third-order valence-electron chi connectivity index (χ3n) is 2.20. The van der Waals surface area contributed by atoms with Crippen molar-refractivity contribution in [3.8, 4) is 0 Å². The first kappa shape index (κ1) is 12.2. The van der Waals surface area contributed by atoms with Gasteiger partial charge in [0, 0.05) is 12.7 Å². The van der Waals surface area contributed by atoms with Gasteiger partial charge in [0.15, 0.2) is 0 Å². The van der Waals surface area contributed by atoms with Crippen molar-refractivity contribution in [2.24, 2.45) is 0 Å². The van der Waals surface area contributed by atoms with Crippen LogP contribution in [0.2, 0.25) is 0 Å². The summed E-state index contributed by atoms with van der Waals surface area (Å²) in [5, 5.41) is 11.2. The van der Waals surface area contributed by atoms with Crippen molar-refractivity contribution in [3.05, 3.63) is 35.9 Å². The van der Waals surface area contributed by atoms with E-state index in [2.05, 4.69) is 5.32 Å². The number of carbonyl (C=O) groups excluding carboxylic acids is 1. The summed E-state index contributed by atoms with van der Waals surface area (Å²) in [7, 11) is 1.22. The first-order chi connectivity index (χ1) is 7.49. The van der Waals surface area contributed by atoms with Crippen molar-refractivity contribution in [1.29, 1.82) is 0 Å². The lowest BCUT2D eigenvalue weighted by molar-refractivity contribution is -0.162. The first-order valence-corrected chi connectivity index (χ1v) is 4.65. The lowest BCUT2D eigenvalue weighted by Crippen LogP contribution is -2.53. The number of amides is 1. The Kier molecular flexibility index (Phi) is 3.63. The number of carboxylic acid groups (broad SMARTS) is 1. The molecule has 0 saturated heterocycles. The van der Waals surface area contributed by atoms with Crippen LogP contribution in [0.25, 0.3) is 0 Å². The highest BCUT2D eigenvalue weighted by Crippen LogP contribution is 2.07. The molecule has 1 aromatic rings. The summed E-state index contributed by atoms with van der Waals surface area (Å²) in [6.07, 6.45) is 0. The fraction of sp³-hybridized carbons (Fsp3) is 0.273. The van der Waals surface area contributed by atoms with Crippen molar-refractivity contribution in [3.63, 3.8) is 0 Å². The summed E-state index contributed by atoms with van der Waals surface area (Å²) in [6.45, 7) is 1.27. The Morgan fingerprint density at radius 3 is 2.31 bits per heavy atom. The molecule has 1 rings (SSSR count). The van der Waals surface area contributed by atoms with Gasteiger partial charge in [-0.2, -0.15) is 0 Å². The molecule has 5 nitrogen and oxygen atoms in total. The van der Waals surface area contributed by atoms with Crippen LogP contribution in [0.15, 0.2) is 30.3 Å². The molecule has 0 bridgehead atoms. The van der Waals surface area contributed by atoms with E-state index < -0.39 is 17.6 Å². The molecule has 0 radical (unpaired) electrons. The molecule has 1 unspecified atom stereocenters. The number of hydrogen-bond acceptors (Lipinski definition) is 3. The average molecular weight is 223 g/mol. The summed E-state index contributed by atoms with van der Waals surface area (Å²) in [5.74, 6) is -1.74. The number of ether oxygens (including phenoxy) is 1. The average Bonchev–Trinajstić information content (AvgIpc) is 2.29. The second-order valence-corrected chi connectivity index (χ2v) is 3.36. The molecule has 1 amide bonds. The molecule has 0 saturated carbocycles. The van der Waals surface area contributed by atoms with E-state index in [1.54, 1.807) is 30.3 Å². The van der Waals surface area contributed by atoms with Crippen LogP contribution in [0, 0.1) is 0 Å². The van der Waals surface area contributed by atoms with Gasteiger partial charge in [-0.3, -0.25) is 4.79 Å². The predicted octanol–water partition coefficient (Wildman–Crippen LogP) is 0.864. The molecule has 0 spiro atoms. The maximum absolute atomic E-state index is 11.7. The van der Waals surface area contributed by atoms with Crippen molar-refractivity contribution in [2.45, 2.75) is 12.6 Å².